The van der Waals surface area contributed by atoms with Gasteiger partial charge in [0, 0.05) is 5.56 Å². The third-order valence-electron chi connectivity index (χ3n) is 3.81. The zero-order valence-corrected chi connectivity index (χ0v) is 14.8. The molecule has 0 unspecified atom stereocenters. The van der Waals surface area contributed by atoms with Gasteiger partial charge in [-0.15, -0.1) is 0 Å². The molecule has 0 aliphatic heterocycles. The Kier molecular flexibility index (Phi) is 6.06. The predicted octanol–water partition coefficient (Wildman–Crippen LogP) is 3.75. The first-order chi connectivity index (χ1) is 12.0. The maximum absolute atomic E-state index is 12.0. The Labute approximate surface area is 147 Å². The van der Waals surface area contributed by atoms with E-state index in [1.165, 1.54) is 20.5 Å². The Morgan fingerprint density at radius 1 is 1.16 bits per heavy atom. The summed E-state index contributed by atoms with van der Waals surface area (Å²) in [5.41, 5.74) is 3.36. The normalized spacial score (nSPS) is 11.1. The van der Waals surface area contributed by atoms with E-state index in [2.05, 4.69) is 0 Å². The van der Waals surface area contributed by atoms with Crippen molar-refractivity contribution in [3.05, 3.63) is 64.9 Å². The van der Waals surface area contributed by atoms with Crippen LogP contribution in [0.1, 0.15) is 22.3 Å². The van der Waals surface area contributed by atoms with E-state index in [0.717, 1.165) is 11.1 Å². The molecule has 2 rings (SSSR count). The molecular weight excluding hydrogens is 320 g/mol. The summed E-state index contributed by atoms with van der Waals surface area (Å²) in [6.07, 6.45) is 1.36. The van der Waals surface area contributed by atoms with Crippen LogP contribution in [0.4, 0.5) is 0 Å². The fraction of sp³-hybridized carbons (Fsp3) is 0.250. The number of ether oxygens (including phenoxy) is 3. The van der Waals surface area contributed by atoms with Gasteiger partial charge in [0.15, 0.2) is 0 Å². The topological polar surface area (TPSA) is 65.0 Å². The zero-order chi connectivity index (χ0) is 18.4. The quantitative estimate of drug-likeness (QED) is 0.492. The molecule has 0 radical (unpaired) electrons. The van der Waals surface area contributed by atoms with E-state index in [9.17, 15) is 9.90 Å². The molecule has 5 nitrogen and oxygen atoms in total. The Hall–Kier alpha value is -2.95. The molecule has 0 fully saturated rings. The van der Waals surface area contributed by atoms with E-state index in [0.29, 0.717) is 22.4 Å². The van der Waals surface area contributed by atoms with Crippen molar-refractivity contribution in [1.29, 1.82) is 0 Å². The van der Waals surface area contributed by atoms with E-state index in [-0.39, 0.29) is 12.4 Å². The summed E-state index contributed by atoms with van der Waals surface area (Å²) >= 11 is 0. The van der Waals surface area contributed by atoms with Gasteiger partial charge in [-0.3, -0.25) is 0 Å². The van der Waals surface area contributed by atoms with Crippen LogP contribution in [0.2, 0.25) is 0 Å². The summed E-state index contributed by atoms with van der Waals surface area (Å²) in [6, 6.07) is 10.9. The molecule has 0 saturated carbocycles. The first kappa shape index (κ1) is 18.4. The largest absolute Gasteiger partial charge is 0.508 e. The summed E-state index contributed by atoms with van der Waals surface area (Å²) in [4.78, 5) is 12.0. The van der Waals surface area contributed by atoms with Crippen LogP contribution in [0.25, 0.3) is 5.57 Å². The highest BCUT2D eigenvalue weighted by Gasteiger charge is 2.17. The van der Waals surface area contributed by atoms with Gasteiger partial charge in [0.25, 0.3) is 0 Å². The second-order valence-corrected chi connectivity index (χ2v) is 5.61. The Balaban J connectivity index is 2.33. The SMILES string of the molecule is CO/C=C(\C(=O)OC)c1ccccc1COc1cc(C)cc(O)c1C. The molecule has 2 aromatic carbocycles. The number of methoxy groups -OCH3 is 2. The molecule has 0 heterocycles. The molecule has 0 aromatic heterocycles. The third-order valence-corrected chi connectivity index (χ3v) is 3.81. The van der Waals surface area contributed by atoms with Crippen molar-refractivity contribution in [3.63, 3.8) is 0 Å². The monoisotopic (exact) mass is 342 g/mol. The Morgan fingerprint density at radius 2 is 1.88 bits per heavy atom. The summed E-state index contributed by atoms with van der Waals surface area (Å²) in [5, 5.41) is 9.93. The van der Waals surface area contributed by atoms with E-state index in [1.54, 1.807) is 19.1 Å². The van der Waals surface area contributed by atoms with Crippen molar-refractivity contribution in [2.75, 3.05) is 14.2 Å². The van der Waals surface area contributed by atoms with Crippen LogP contribution in [0, 0.1) is 13.8 Å². The van der Waals surface area contributed by atoms with Gasteiger partial charge in [-0.2, -0.15) is 0 Å². The van der Waals surface area contributed by atoms with Crippen molar-refractivity contribution < 1.29 is 24.1 Å². The van der Waals surface area contributed by atoms with Crippen LogP contribution < -0.4 is 4.74 Å². The highest BCUT2D eigenvalue weighted by atomic mass is 16.5. The van der Waals surface area contributed by atoms with Crippen molar-refractivity contribution in [2.45, 2.75) is 20.5 Å². The van der Waals surface area contributed by atoms with E-state index >= 15 is 0 Å². The summed E-state index contributed by atoms with van der Waals surface area (Å²) < 4.78 is 15.7. The second kappa shape index (κ2) is 8.24. The van der Waals surface area contributed by atoms with Gasteiger partial charge < -0.3 is 19.3 Å². The first-order valence-electron chi connectivity index (χ1n) is 7.80. The number of phenols is 1. The molecule has 2 aromatic rings. The van der Waals surface area contributed by atoms with Crippen LogP contribution >= 0.6 is 0 Å². The molecule has 0 aliphatic rings. The summed E-state index contributed by atoms with van der Waals surface area (Å²) in [7, 11) is 2.80. The number of aryl methyl sites for hydroxylation is 1. The second-order valence-electron chi connectivity index (χ2n) is 5.61. The maximum Gasteiger partial charge on any atom is 0.341 e. The molecule has 132 valence electrons. The number of rotatable bonds is 6. The molecule has 0 aliphatic carbocycles. The molecule has 0 spiro atoms. The number of carbonyl (C=O) groups excluding carboxylic acids is 1. The van der Waals surface area contributed by atoms with Gasteiger partial charge in [0.1, 0.15) is 23.7 Å². The van der Waals surface area contributed by atoms with Crippen LogP contribution in [0.15, 0.2) is 42.7 Å². The number of benzene rings is 2. The lowest BCUT2D eigenvalue weighted by Gasteiger charge is -2.15. The van der Waals surface area contributed by atoms with Crippen molar-refractivity contribution in [1.82, 2.24) is 0 Å². The third kappa shape index (κ3) is 4.32. The molecule has 0 amide bonds. The van der Waals surface area contributed by atoms with Gasteiger partial charge in [-0.05, 0) is 42.7 Å². The van der Waals surface area contributed by atoms with Crippen molar-refractivity contribution >= 4 is 11.5 Å². The fourth-order valence-electron chi connectivity index (χ4n) is 2.47. The van der Waals surface area contributed by atoms with Crippen molar-refractivity contribution in [2.24, 2.45) is 0 Å². The molecule has 0 atom stereocenters. The molecule has 0 bridgehead atoms. The van der Waals surface area contributed by atoms with Crippen LogP contribution in [-0.4, -0.2) is 25.3 Å². The fourth-order valence-corrected chi connectivity index (χ4v) is 2.47. The van der Waals surface area contributed by atoms with Gasteiger partial charge >= 0.3 is 5.97 Å². The molecule has 1 N–H and O–H groups in total. The highest BCUT2D eigenvalue weighted by Crippen LogP contribution is 2.30. The lowest BCUT2D eigenvalue weighted by molar-refractivity contribution is -0.133. The van der Waals surface area contributed by atoms with Crippen LogP contribution in [0.5, 0.6) is 11.5 Å². The number of hydrogen-bond donors (Lipinski definition) is 1. The lowest BCUT2D eigenvalue weighted by atomic mass is 10.0. The molecule has 0 saturated heterocycles. The van der Waals surface area contributed by atoms with E-state index < -0.39 is 5.97 Å². The van der Waals surface area contributed by atoms with Crippen LogP contribution in [0.3, 0.4) is 0 Å². The van der Waals surface area contributed by atoms with Gasteiger partial charge in [-0.25, -0.2) is 4.79 Å². The highest BCUT2D eigenvalue weighted by molar-refractivity contribution is 6.16. The summed E-state index contributed by atoms with van der Waals surface area (Å²) in [6.45, 7) is 3.91. The van der Waals surface area contributed by atoms with Crippen molar-refractivity contribution in [3.8, 4) is 11.5 Å². The number of carbonyl (C=O) groups is 1. The average Bonchev–Trinajstić information content (AvgIpc) is 2.61. The minimum atomic E-state index is -0.487. The van der Waals surface area contributed by atoms with Gasteiger partial charge in [-0.1, -0.05) is 24.3 Å². The average molecular weight is 342 g/mol. The Morgan fingerprint density at radius 3 is 2.56 bits per heavy atom. The van der Waals surface area contributed by atoms with Crippen LogP contribution in [-0.2, 0) is 20.9 Å². The molecular formula is C20H22O5. The number of aromatic hydroxyl groups is 1. The minimum absolute atomic E-state index is 0.192. The molecule has 5 heteroatoms. The minimum Gasteiger partial charge on any atom is -0.508 e. The van der Waals surface area contributed by atoms with Gasteiger partial charge in [0.2, 0.25) is 0 Å². The number of esters is 1. The smallest absolute Gasteiger partial charge is 0.341 e. The zero-order valence-electron chi connectivity index (χ0n) is 14.8. The number of hydrogen-bond acceptors (Lipinski definition) is 5. The lowest BCUT2D eigenvalue weighted by Crippen LogP contribution is -2.08. The standard InChI is InChI=1S/C20H22O5/c1-13-9-18(21)14(2)19(10-13)25-11-15-7-5-6-8-16(15)17(12-23-3)20(22)24-4/h5-10,12,21H,11H2,1-4H3/b17-12-. The maximum atomic E-state index is 12.0. The molecule has 25 heavy (non-hydrogen) atoms. The summed E-state index contributed by atoms with van der Waals surface area (Å²) in [5.74, 6) is 0.305. The van der Waals surface area contributed by atoms with Gasteiger partial charge in [0.05, 0.1) is 20.5 Å². The van der Waals surface area contributed by atoms with E-state index in [1.807, 2.05) is 31.2 Å². The Bertz CT molecular complexity index is 793. The van der Waals surface area contributed by atoms with E-state index in [4.69, 9.17) is 14.2 Å². The number of phenolic OH excluding ortho intramolecular Hbond substituents is 1. The first-order valence-corrected chi connectivity index (χ1v) is 7.80. The predicted molar refractivity (Wildman–Crippen MR) is 95.4 cm³/mol.